The minimum absolute atomic E-state index is 0.206. The molecule has 0 unspecified atom stereocenters. The van der Waals surface area contributed by atoms with Gasteiger partial charge in [0.15, 0.2) is 0 Å². The fraction of sp³-hybridized carbons (Fsp3) is 0.0588. The van der Waals surface area contributed by atoms with Crippen LogP contribution in [-0.2, 0) is 6.54 Å². The Morgan fingerprint density at radius 3 is 2.45 bits per heavy atom. The molecule has 1 aliphatic rings. The Bertz CT molecular complexity index is 741. The van der Waals surface area contributed by atoms with Crippen molar-refractivity contribution in [3.8, 4) is 0 Å². The fourth-order valence-corrected chi connectivity index (χ4v) is 2.59. The van der Waals surface area contributed by atoms with E-state index >= 15 is 0 Å². The third-order valence-electron chi connectivity index (χ3n) is 3.33. The van der Waals surface area contributed by atoms with Crippen LogP contribution in [0.3, 0.4) is 0 Å². The summed E-state index contributed by atoms with van der Waals surface area (Å²) < 4.78 is 0. The van der Waals surface area contributed by atoms with Crippen molar-refractivity contribution in [2.45, 2.75) is 6.54 Å². The van der Waals surface area contributed by atoms with Gasteiger partial charge >= 0.3 is 6.03 Å². The molecular weight excluding hydrogens is 316 g/mol. The van der Waals surface area contributed by atoms with Crippen LogP contribution < -0.4 is 5.32 Å². The molecule has 5 heteroatoms. The number of halogens is 1. The van der Waals surface area contributed by atoms with Crippen LogP contribution in [0.25, 0.3) is 6.08 Å². The quantitative estimate of drug-likeness (QED) is 0.675. The highest BCUT2D eigenvalue weighted by molar-refractivity contribution is 7.80. The normalized spacial score (nSPS) is 16.2. The van der Waals surface area contributed by atoms with Crippen LogP contribution in [0, 0.1) is 0 Å². The van der Waals surface area contributed by atoms with Crippen molar-refractivity contribution < 1.29 is 4.79 Å². The fourth-order valence-electron chi connectivity index (χ4n) is 2.20. The molecule has 110 valence electrons. The van der Waals surface area contributed by atoms with Crippen molar-refractivity contribution in [3.63, 3.8) is 0 Å². The Morgan fingerprint density at radius 2 is 1.77 bits per heavy atom. The molecule has 0 aliphatic carbocycles. The van der Waals surface area contributed by atoms with E-state index in [0.717, 1.165) is 11.1 Å². The number of carbonyl (C=O) groups is 1. The predicted octanol–water partition coefficient (Wildman–Crippen LogP) is 4.23. The van der Waals surface area contributed by atoms with E-state index in [1.165, 1.54) is 0 Å². The summed E-state index contributed by atoms with van der Waals surface area (Å²) >= 11 is 11.3. The molecule has 0 spiro atoms. The second-order valence-electron chi connectivity index (χ2n) is 4.92. The number of hydrogen-bond donors (Lipinski definition) is 1. The standard InChI is InChI=1S/C17H13ClN2OS/c18-14-8-6-13(7-9-14)11-20-16(22)15(19-17(20)21)10-12-4-2-1-3-5-12/h1-10H,11H2,(H,19,21)/b15-10-. The van der Waals surface area contributed by atoms with E-state index in [4.69, 9.17) is 23.8 Å². The van der Waals surface area contributed by atoms with Crippen molar-refractivity contribution in [1.82, 2.24) is 10.2 Å². The van der Waals surface area contributed by atoms with Gasteiger partial charge in [-0.05, 0) is 29.3 Å². The topological polar surface area (TPSA) is 32.3 Å². The van der Waals surface area contributed by atoms with Crippen LogP contribution in [0.4, 0.5) is 4.79 Å². The number of carbonyl (C=O) groups excluding carboxylic acids is 1. The summed E-state index contributed by atoms with van der Waals surface area (Å²) in [5, 5.41) is 3.48. The molecule has 2 aromatic rings. The molecule has 1 fully saturated rings. The van der Waals surface area contributed by atoms with Gasteiger partial charge in [-0.15, -0.1) is 0 Å². The molecule has 0 saturated carbocycles. The minimum Gasteiger partial charge on any atom is -0.305 e. The molecule has 1 heterocycles. The summed E-state index contributed by atoms with van der Waals surface area (Å²) in [6.45, 7) is 0.425. The highest BCUT2D eigenvalue weighted by Gasteiger charge is 2.29. The zero-order chi connectivity index (χ0) is 15.5. The lowest BCUT2D eigenvalue weighted by molar-refractivity contribution is 0.228. The van der Waals surface area contributed by atoms with Crippen molar-refractivity contribution in [2.75, 3.05) is 0 Å². The second-order valence-corrected chi connectivity index (χ2v) is 5.74. The Kier molecular flexibility index (Phi) is 4.22. The zero-order valence-electron chi connectivity index (χ0n) is 11.6. The molecule has 1 N–H and O–H groups in total. The minimum atomic E-state index is -0.206. The van der Waals surface area contributed by atoms with Crippen LogP contribution in [0.15, 0.2) is 60.3 Å². The second kappa shape index (κ2) is 6.30. The number of nitrogens with zero attached hydrogens (tertiary/aromatic N) is 1. The summed E-state index contributed by atoms with van der Waals surface area (Å²) in [6, 6.07) is 16.9. The summed E-state index contributed by atoms with van der Waals surface area (Å²) in [6.07, 6.45) is 1.88. The predicted molar refractivity (Wildman–Crippen MR) is 92.5 cm³/mol. The Hall–Kier alpha value is -2.17. The largest absolute Gasteiger partial charge is 0.327 e. The molecule has 2 aromatic carbocycles. The SMILES string of the molecule is O=C1N/C(=C\c2ccccc2)C(=S)N1Cc1ccc(Cl)cc1. The third-order valence-corrected chi connectivity index (χ3v) is 4.02. The molecular formula is C17H13ClN2OS. The third kappa shape index (κ3) is 3.18. The zero-order valence-corrected chi connectivity index (χ0v) is 13.2. The van der Waals surface area contributed by atoms with Gasteiger partial charge in [0.25, 0.3) is 0 Å². The van der Waals surface area contributed by atoms with Gasteiger partial charge in [-0.2, -0.15) is 0 Å². The number of nitrogens with one attached hydrogen (secondary N) is 1. The summed E-state index contributed by atoms with van der Waals surface area (Å²) in [4.78, 5) is 14.2. The molecule has 1 aliphatic heterocycles. The van der Waals surface area contributed by atoms with E-state index < -0.39 is 0 Å². The summed E-state index contributed by atoms with van der Waals surface area (Å²) in [5.74, 6) is 0. The monoisotopic (exact) mass is 328 g/mol. The van der Waals surface area contributed by atoms with Gasteiger partial charge in [-0.1, -0.05) is 66.3 Å². The molecule has 0 radical (unpaired) electrons. The van der Waals surface area contributed by atoms with E-state index in [1.807, 2.05) is 48.5 Å². The molecule has 0 bridgehead atoms. The first-order chi connectivity index (χ1) is 10.6. The number of hydrogen-bond acceptors (Lipinski definition) is 2. The van der Waals surface area contributed by atoms with Crippen LogP contribution in [0.2, 0.25) is 5.02 Å². The van der Waals surface area contributed by atoms with Crippen molar-refractivity contribution in [1.29, 1.82) is 0 Å². The lowest BCUT2D eigenvalue weighted by Gasteiger charge is -2.13. The number of urea groups is 1. The number of benzene rings is 2. The van der Waals surface area contributed by atoms with Crippen LogP contribution in [-0.4, -0.2) is 15.9 Å². The lowest BCUT2D eigenvalue weighted by Crippen LogP contribution is -2.29. The molecule has 3 rings (SSSR count). The Balaban J connectivity index is 1.80. The molecule has 22 heavy (non-hydrogen) atoms. The van der Waals surface area contributed by atoms with Crippen molar-refractivity contribution in [2.24, 2.45) is 0 Å². The maximum Gasteiger partial charge on any atom is 0.327 e. The number of rotatable bonds is 3. The first kappa shape index (κ1) is 14.8. The van der Waals surface area contributed by atoms with Gasteiger partial charge < -0.3 is 5.32 Å². The van der Waals surface area contributed by atoms with E-state index in [0.29, 0.717) is 22.3 Å². The van der Waals surface area contributed by atoms with Gasteiger partial charge in [0.05, 0.1) is 12.2 Å². The molecule has 0 aromatic heterocycles. The van der Waals surface area contributed by atoms with E-state index in [1.54, 1.807) is 17.0 Å². The van der Waals surface area contributed by atoms with Gasteiger partial charge in [0.1, 0.15) is 4.99 Å². The van der Waals surface area contributed by atoms with Crippen molar-refractivity contribution >= 4 is 40.9 Å². The van der Waals surface area contributed by atoms with E-state index in [-0.39, 0.29) is 6.03 Å². The Labute approximate surface area is 139 Å². The number of amides is 2. The van der Waals surface area contributed by atoms with Crippen LogP contribution in [0.1, 0.15) is 11.1 Å². The van der Waals surface area contributed by atoms with E-state index in [9.17, 15) is 4.79 Å². The van der Waals surface area contributed by atoms with E-state index in [2.05, 4.69) is 5.32 Å². The van der Waals surface area contributed by atoms with Crippen LogP contribution >= 0.6 is 23.8 Å². The lowest BCUT2D eigenvalue weighted by atomic mass is 10.2. The van der Waals surface area contributed by atoms with Gasteiger partial charge in [0, 0.05) is 5.02 Å². The van der Waals surface area contributed by atoms with Crippen molar-refractivity contribution in [3.05, 3.63) is 76.4 Å². The molecule has 3 nitrogen and oxygen atoms in total. The summed E-state index contributed by atoms with van der Waals surface area (Å²) in [5.41, 5.74) is 2.62. The average molecular weight is 329 g/mol. The highest BCUT2D eigenvalue weighted by atomic mass is 35.5. The summed E-state index contributed by atoms with van der Waals surface area (Å²) in [7, 11) is 0. The highest BCUT2D eigenvalue weighted by Crippen LogP contribution is 2.19. The smallest absolute Gasteiger partial charge is 0.305 e. The Morgan fingerprint density at radius 1 is 1.09 bits per heavy atom. The molecule has 1 saturated heterocycles. The van der Waals surface area contributed by atoms with Gasteiger partial charge in [-0.25, -0.2) is 4.79 Å². The van der Waals surface area contributed by atoms with Gasteiger partial charge in [-0.3, -0.25) is 4.90 Å². The first-order valence-electron chi connectivity index (χ1n) is 6.77. The maximum atomic E-state index is 12.1. The molecule has 0 atom stereocenters. The van der Waals surface area contributed by atoms with Crippen LogP contribution in [0.5, 0.6) is 0 Å². The maximum absolute atomic E-state index is 12.1. The number of thiocarbonyl (C=S) groups is 1. The van der Waals surface area contributed by atoms with Gasteiger partial charge in [0.2, 0.25) is 0 Å². The average Bonchev–Trinajstić information content (AvgIpc) is 2.78. The first-order valence-corrected chi connectivity index (χ1v) is 7.56. The molecule has 2 amide bonds.